The molecule has 6 nitrogen and oxygen atoms in total. The van der Waals surface area contributed by atoms with Crippen molar-refractivity contribution >= 4 is 22.8 Å². The van der Waals surface area contributed by atoms with Crippen molar-refractivity contribution in [1.29, 1.82) is 0 Å². The molecule has 1 aromatic carbocycles. The van der Waals surface area contributed by atoms with Crippen LogP contribution in [0.2, 0.25) is 0 Å². The molecule has 0 spiro atoms. The number of hydrogen-bond acceptors (Lipinski definition) is 5. The second-order valence-corrected chi connectivity index (χ2v) is 2.45. The number of rotatable bonds is 1. The van der Waals surface area contributed by atoms with Gasteiger partial charge in [0, 0.05) is 9.91 Å². The number of fused-ring (bicyclic) bond motifs is 1. The molecule has 66 valence electrons. The number of para-hydroxylation sites is 1. The molecule has 0 bridgehead atoms. The minimum Gasteiger partial charge on any atom is -0.396 e. The topological polar surface area (TPSA) is 95.2 Å². The summed E-state index contributed by atoms with van der Waals surface area (Å²) >= 11 is 0. The summed E-state index contributed by atoms with van der Waals surface area (Å²) in [6.07, 6.45) is 0. The summed E-state index contributed by atoms with van der Waals surface area (Å²) in [7, 11) is 0. The van der Waals surface area contributed by atoms with Gasteiger partial charge in [0.1, 0.15) is 0 Å². The first-order valence-electron chi connectivity index (χ1n) is 3.48. The first-order chi connectivity index (χ1) is 6.18. The lowest BCUT2D eigenvalue weighted by atomic mass is 10.3. The van der Waals surface area contributed by atoms with Crippen molar-refractivity contribution in [2.24, 2.45) is 0 Å². The Kier molecular flexibility index (Phi) is 1.42. The maximum atomic E-state index is 10.3. The lowest BCUT2D eigenvalue weighted by molar-refractivity contribution is -0.406. The molecule has 1 aromatic heterocycles. The molecule has 0 aliphatic heterocycles. The van der Waals surface area contributed by atoms with Crippen molar-refractivity contribution in [3.05, 3.63) is 28.3 Å². The van der Waals surface area contributed by atoms with Crippen LogP contribution in [-0.2, 0) is 0 Å². The zero-order valence-electron chi connectivity index (χ0n) is 6.43. The minimum absolute atomic E-state index is 0.259. The van der Waals surface area contributed by atoms with Gasteiger partial charge >= 0.3 is 6.01 Å². The summed E-state index contributed by atoms with van der Waals surface area (Å²) < 4.78 is 4.83. The Morgan fingerprint density at radius 1 is 1.54 bits per heavy atom. The van der Waals surface area contributed by atoms with Gasteiger partial charge in [-0.3, -0.25) is 0 Å². The molecular formula is C7H5N3O3. The predicted molar refractivity (Wildman–Crippen MR) is 45.1 cm³/mol. The highest BCUT2D eigenvalue weighted by atomic mass is 16.7. The molecule has 0 radical (unpaired) electrons. The van der Waals surface area contributed by atoms with Crippen molar-refractivity contribution in [1.82, 2.24) is 4.98 Å². The molecule has 0 fully saturated rings. The van der Waals surface area contributed by atoms with Gasteiger partial charge in [0.2, 0.25) is 11.1 Å². The predicted octanol–water partition coefficient (Wildman–Crippen LogP) is 1.32. The van der Waals surface area contributed by atoms with E-state index in [2.05, 4.69) is 4.98 Å². The number of nitrogens with two attached hydrogens (primary N) is 1. The van der Waals surface area contributed by atoms with Crippen molar-refractivity contribution in [2.75, 3.05) is 5.73 Å². The van der Waals surface area contributed by atoms with E-state index in [1.165, 1.54) is 0 Å². The van der Waals surface area contributed by atoms with Crippen LogP contribution in [0.25, 0.3) is 11.1 Å². The van der Waals surface area contributed by atoms with E-state index in [-0.39, 0.29) is 5.58 Å². The maximum absolute atomic E-state index is 10.3. The average Bonchev–Trinajstić information content (AvgIpc) is 2.49. The zero-order chi connectivity index (χ0) is 9.42. The monoisotopic (exact) mass is 179 g/mol. The number of nitro groups is 1. The van der Waals surface area contributed by atoms with Crippen LogP contribution in [0.3, 0.4) is 0 Å². The van der Waals surface area contributed by atoms with Crippen LogP contribution in [0.1, 0.15) is 0 Å². The Morgan fingerprint density at radius 3 is 2.92 bits per heavy atom. The summed E-state index contributed by atoms with van der Waals surface area (Å²) in [4.78, 5) is 13.2. The van der Waals surface area contributed by atoms with Gasteiger partial charge in [-0.15, -0.1) is 0 Å². The number of benzene rings is 1. The van der Waals surface area contributed by atoms with Gasteiger partial charge in [0.05, 0.1) is 5.69 Å². The lowest BCUT2D eigenvalue weighted by Gasteiger charge is -1.87. The Bertz CT molecular complexity index is 477. The van der Waals surface area contributed by atoms with Crippen LogP contribution in [0.15, 0.2) is 22.6 Å². The number of nitrogens with zero attached hydrogens (tertiary/aromatic N) is 2. The molecule has 0 aliphatic carbocycles. The second kappa shape index (κ2) is 2.44. The van der Waals surface area contributed by atoms with Crippen LogP contribution >= 0.6 is 0 Å². The highest BCUT2D eigenvalue weighted by molar-refractivity contribution is 5.85. The second-order valence-electron chi connectivity index (χ2n) is 2.45. The summed E-state index contributed by atoms with van der Waals surface area (Å²) in [5.74, 6) is 0. The Balaban J connectivity index is 2.75. The summed E-state index contributed by atoms with van der Waals surface area (Å²) in [6.45, 7) is 0. The highest BCUT2D eigenvalue weighted by Gasteiger charge is 2.18. The fourth-order valence-corrected chi connectivity index (χ4v) is 1.04. The van der Waals surface area contributed by atoms with Crippen molar-refractivity contribution in [2.45, 2.75) is 0 Å². The van der Waals surface area contributed by atoms with Gasteiger partial charge < -0.3 is 20.3 Å². The largest absolute Gasteiger partial charge is 0.546 e. The molecular weight excluding hydrogens is 174 g/mol. The van der Waals surface area contributed by atoms with Gasteiger partial charge in [-0.2, -0.15) is 0 Å². The molecule has 13 heavy (non-hydrogen) atoms. The first-order valence-corrected chi connectivity index (χ1v) is 3.48. The molecule has 0 atom stereocenters. The van der Waals surface area contributed by atoms with Gasteiger partial charge in [-0.25, -0.2) is 0 Å². The van der Waals surface area contributed by atoms with Crippen molar-refractivity contribution < 1.29 is 9.34 Å². The van der Waals surface area contributed by atoms with Crippen LogP contribution in [0.5, 0.6) is 0 Å². The maximum Gasteiger partial charge on any atom is 0.546 e. The molecule has 2 N–H and O–H groups in total. The number of hydrogen-bond donors (Lipinski definition) is 1. The number of nitrogen functional groups attached to an aromatic ring is 1. The lowest BCUT2D eigenvalue weighted by Crippen LogP contribution is -1.85. The van der Waals surface area contributed by atoms with E-state index in [0.717, 1.165) is 0 Å². The van der Waals surface area contributed by atoms with E-state index in [1.54, 1.807) is 18.2 Å². The van der Waals surface area contributed by atoms with Crippen molar-refractivity contribution in [3.63, 3.8) is 0 Å². The number of anilines is 1. The summed E-state index contributed by atoms with van der Waals surface area (Å²) in [5, 5.41) is 10.3. The first kappa shape index (κ1) is 7.53. The SMILES string of the molecule is Nc1cccc2nc([N+](=O)[O-])oc12. The quantitative estimate of drug-likeness (QED) is 0.404. The fourth-order valence-electron chi connectivity index (χ4n) is 1.04. The fraction of sp³-hybridized carbons (Fsp3) is 0. The van der Waals surface area contributed by atoms with Gasteiger partial charge in [-0.1, -0.05) is 6.07 Å². The van der Waals surface area contributed by atoms with Gasteiger partial charge in [-0.05, 0) is 12.1 Å². The van der Waals surface area contributed by atoms with E-state index in [0.29, 0.717) is 11.2 Å². The number of oxazole rings is 1. The van der Waals surface area contributed by atoms with Crippen LogP contribution in [-0.4, -0.2) is 9.91 Å². The smallest absolute Gasteiger partial charge is 0.396 e. The van der Waals surface area contributed by atoms with Crippen LogP contribution < -0.4 is 5.73 Å². The molecule has 0 saturated carbocycles. The van der Waals surface area contributed by atoms with Crippen molar-refractivity contribution in [3.8, 4) is 0 Å². The molecule has 0 aliphatic rings. The van der Waals surface area contributed by atoms with E-state index in [9.17, 15) is 10.1 Å². The molecule has 2 aromatic rings. The minimum atomic E-state index is -0.695. The molecule has 0 amide bonds. The Morgan fingerprint density at radius 2 is 2.31 bits per heavy atom. The molecule has 0 saturated heterocycles. The molecule has 0 unspecified atom stereocenters. The van der Waals surface area contributed by atoms with Crippen LogP contribution in [0.4, 0.5) is 11.7 Å². The summed E-state index contributed by atoms with van der Waals surface area (Å²) in [5.41, 5.74) is 6.51. The highest BCUT2D eigenvalue weighted by Crippen LogP contribution is 2.24. The molecule has 2 rings (SSSR count). The zero-order valence-corrected chi connectivity index (χ0v) is 6.43. The average molecular weight is 179 g/mol. The van der Waals surface area contributed by atoms with E-state index in [1.807, 2.05) is 0 Å². The van der Waals surface area contributed by atoms with Gasteiger partial charge in [0.25, 0.3) is 0 Å². The van der Waals surface area contributed by atoms with E-state index >= 15 is 0 Å². The molecule has 6 heteroatoms. The Hall–Kier alpha value is -2.11. The van der Waals surface area contributed by atoms with Gasteiger partial charge in [0.15, 0.2) is 0 Å². The normalized spacial score (nSPS) is 10.5. The van der Waals surface area contributed by atoms with E-state index < -0.39 is 10.9 Å². The van der Waals surface area contributed by atoms with E-state index in [4.69, 9.17) is 10.2 Å². The third kappa shape index (κ3) is 1.08. The number of aromatic nitrogens is 1. The standard InChI is InChI=1S/C7H5N3O3/c8-4-2-1-3-5-6(4)13-7(9-5)10(11)12/h1-3H,8H2. The van der Waals surface area contributed by atoms with Crippen LogP contribution in [0, 0.1) is 10.1 Å². The summed E-state index contributed by atoms with van der Waals surface area (Å²) in [6, 6.07) is 4.32. The Labute approximate surface area is 72.1 Å². The third-order valence-corrected chi connectivity index (χ3v) is 1.59. The molecule has 1 heterocycles. The third-order valence-electron chi connectivity index (χ3n) is 1.59.